The molecule has 0 amide bonds. The van der Waals surface area contributed by atoms with E-state index in [2.05, 4.69) is 63.5 Å². The minimum atomic E-state index is 0.0802. The molecule has 0 aliphatic carbocycles. The Morgan fingerprint density at radius 2 is 1.95 bits per heavy atom. The Kier molecular flexibility index (Phi) is 4.79. The Morgan fingerprint density at radius 3 is 2.48 bits per heavy atom. The lowest BCUT2D eigenvalue weighted by molar-refractivity contribution is 0.253. The van der Waals surface area contributed by atoms with Crippen molar-refractivity contribution in [3.05, 3.63) is 17.2 Å². The van der Waals surface area contributed by atoms with Crippen LogP contribution in [0.25, 0.3) is 0 Å². The zero-order chi connectivity index (χ0) is 15.8. The first-order chi connectivity index (χ1) is 9.71. The molecule has 1 unspecified atom stereocenters. The molecule has 0 saturated carbocycles. The molecule has 0 fully saturated rings. The Bertz CT molecular complexity index is 480. The molecule has 2 heterocycles. The first-order valence-electron chi connectivity index (χ1n) is 8.17. The second kappa shape index (κ2) is 6.09. The van der Waals surface area contributed by atoms with Crippen molar-refractivity contribution in [3.8, 4) is 0 Å². The molecular formula is C17H32N4. The van der Waals surface area contributed by atoms with Gasteiger partial charge in [-0.25, -0.2) is 4.98 Å². The van der Waals surface area contributed by atoms with Crippen molar-refractivity contribution in [3.63, 3.8) is 0 Å². The fraction of sp³-hybridized carbons (Fsp3) is 0.824. The third-order valence-electron chi connectivity index (χ3n) is 4.25. The highest BCUT2D eigenvalue weighted by atomic mass is 15.2. The molecule has 1 N–H and O–H groups in total. The van der Waals surface area contributed by atoms with Crippen molar-refractivity contribution in [1.82, 2.24) is 19.8 Å². The van der Waals surface area contributed by atoms with Gasteiger partial charge in [0.1, 0.15) is 5.82 Å². The maximum atomic E-state index is 5.01. The standard InChI is InChI=1S/C17H32N4/c1-12(2)15(11-20(6)7)21-14-8-9-18-10-13(14)19-16(21)17(3,4)5/h12,15,18H,8-11H2,1-7H3. The minimum Gasteiger partial charge on any atom is -0.327 e. The highest BCUT2D eigenvalue weighted by Crippen LogP contribution is 2.32. The zero-order valence-corrected chi connectivity index (χ0v) is 14.8. The summed E-state index contributed by atoms with van der Waals surface area (Å²) in [6, 6.07) is 0.489. The lowest BCUT2D eigenvalue weighted by Gasteiger charge is -2.32. The van der Waals surface area contributed by atoms with Crippen LogP contribution in [0.5, 0.6) is 0 Å². The molecule has 2 rings (SSSR count). The summed E-state index contributed by atoms with van der Waals surface area (Å²) in [7, 11) is 4.33. The lowest BCUT2D eigenvalue weighted by atomic mass is 9.93. The van der Waals surface area contributed by atoms with Gasteiger partial charge in [-0.15, -0.1) is 0 Å². The van der Waals surface area contributed by atoms with Gasteiger partial charge in [-0.1, -0.05) is 34.6 Å². The summed E-state index contributed by atoms with van der Waals surface area (Å²) in [6.45, 7) is 14.5. The molecule has 4 nitrogen and oxygen atoms in total. The summed E-state index contributed by atoms with van der Waals surface area (Å²) in [5.74, 6) is 1.85. The Hall–Kier alpha value is -0.870. The number of fused-ring (bicyclic) bond motifs is 1. The van der Waals surface area contributed by atoms with E-state index in [-0.39, 0.29) is 5.41 Å². The smallest absolute Gasteiger partial charge is 0.114 e. The average Bonchev–Trinajstić information content (AvgIpc) is 2.74. The summed E-state index contributed by atoms with van der Waals surface area (Å²) in [5.41, 5.74) is 2.80. The van der Waals surface area contributed by atoms with Gasteiger partial charge in [0.05, 0.1) is 11.7 Å². The van der Waals surface area contributed by atoms with E-state index in [0.717, 1.165) is 26.1 Å². The summed E-state index contributed by atoms with van der Waals surface area (Å²) in [4.78, 5) is 7.31. The number of imidazole rings is 1. The molecule has 1 aromatic rings. The van der Waals surface area contributed by atoms with E-state index < -0.39 is 0 Å². The number of rotatable bonds is 4. The predicted octanol–water partition coefficient (Wildman–Crippen LogP) is 2.58. The molecule has 0 radical (unpaired) electrons. The van der Waals surface area contributed by atoms with Crippen molar-refractivity contribution >= 4 is 0 Å². The third-order valence-corrected chi connectivity index (χ3v) is 4.25. The first-order valence-corrected chi connectivity index (χ1v) is 8.17. The molecule has 1 aromatic heterocycles. The normalized spacial score (nSPS) is 17.4. The summed E-state index contributed by atoms with van der Waals surface area (Å²) < 4.78 is 2.57. The van der Waals surface area contributed by atoms with Crippen LogP contribution in [-0.4, -0.2) is 41.6 Å². The number of hydrogen-bond acceptors (Lipinski definition) is 3. The van der Waals surface area contributed by atoms with Gasteiger partial charge in [-0.05, 0) is 20.0 Å². The molecule has 0 aromatic carbocycles. The van der Waals surface area contributed by atoms with Gasteiger partial charge in [0.15, 0.2) is 0 Å². The van der Waals surface area contributed by atoms with Crippen molar-refractivity contribution in [1.29, 1.82) is 0 Å². The van der Waals surface area contributed by atoms with Gasteiger partial charge in [0.25, 0.3) is 0 Å². The zero-order valence-electron chi connectivity index (χ0n) is 14.8. The maximum absolute atomic E-state index is 5.01. The van der Waals surface area contributed by atoms with E-state index in [0.29, 0.717) is 12.0 Å². The quantitative estimate of drug-likeness (QED) is 0.926. The minimum absolute atomic E-state index is 0.0802. The van der Waals surface area contributed by atoms with Gasteiger partial charge in [0.2, 0.25) is 0 Å². The lowest BCUT2D eigenvalue weighted by Crippen LogP contribution is -2.34. The molecule has 1 atom stereocenters. The topological polar surface area (TPSA) is 33.1 Å². The summed E-state index contributed by atoms with van der Waals surface area (Å²) >= 11 is 0. The highest BCUT2D eigenvalue weighted by Gasteiger charge is 2.31. The fourth-order valence-electron chi connectivity index (χ4n) is 3.18. The Balaban J connectivity index is 2.55. The van der Waals surface area contributed by atoms with Crippen LogP contribution in [0, 0.1) is 5.92 Å². The van der Waals surface area contributed by atoms with Crippen LogP contribution in [0.2, 0.25) is 0 Å². The van der Waals surface area contributed by atoms with E-state index in [9.17, 15) is 0 Å². The van der Waals surface area contributed by atoms with E-state index in [1.807, 2.05) is 0 Å². The molecule has 1 aliphatic heterocycles. The number of likely N-dealkylation sites (N-methyl/N-ethyl adjacent to an activating group) is 1. The van der Waals surface area contributed by atoms with E-state index in [4.69, 9.17) is 4.98 Å². The molecule has 0 saturated heterocycles. The van der Waals surface area contributed by atoms with Crippen LogP contribution < -0.4 is 5.32 Å². The van der Waals surface area contributed by atoms with Crippen LogP contribution in [0.15, 0.2) is 0 Å². The molecule has 21 heavy (non-hydrogen) atoms. The predicted molar refractivity (Wildman–Crippen MR) is 88.8 cm³/mol. The number of aromatic nitrogens is 2. The van der Waals surface area contributed by atoms with Crippen LogP contribution in [0.3, 0.4) is 0 Å². The van der Waals surface area contributed by atoms with Crippen molar-refractivity contribution in [2.45, 2.75) is 59.0 Å². The van der Waals surface area contributed by atoms with Gasteiger partial charge < -0.3 is 14.8 Å². The molecule has 120 valence electrons. The van der Waals surface area contributed by atoms with E-state index >= 15 is 0 Å². The molecule has 4 heteroatoms. The van der Waals surface area contributed by atoms with Crippen molar-refractivity contribution in [2.75, 3.05) is 27.2 Å². The van der Waals surface area contributed by atoms with Crippen LogP contribution >= 0.6 is 0 Å². The number of nitrogens with one attached hydrogen (secondary N) is 1. The van der Waals surface area contributed by atoms with Crippen LogP contribution in [-0.2, 0) is 18.4 Å². The maximum Gasteiger partial charge on any atom is 0.114 e. The molecule has 0 bridgehead atoms. The third kappa shape index (κ3) is 3.49. The molecule has 0 spiro atoms. The Labute approximate surface area is 129 Å². The molecular weight excluding hydrogens is 260 g/mol. The number of hydrogen-bond donors (Lipinski definition) is 1. The second-order valence-corrected chi connectivity index (χ2v) is 7.95. The van der Waals surface area contributed by atoms with E-state index in [1.54, 1.807) is 0 Å². The van der Waals surface area contributed by atoms with Crippen molar-refractivity contribution < 1.29 is 0 Å². The average molecular weight is 292 g/mol. The van der Waals surface area contributed by atoms with Gasteiger partial charge in [-0.2, -0.15) is 0 Å². The first kappa shape index (κ1) is 16.5. The van der Waals surface area contributed by atoms with E-state index in [1.165, 1.54) is 17.2 Å². The number of nitrogens with zero attached hydrogens (tertiary/aromatic N) is 3. The van der Waals surface area contributed by atoms with Crippen LogP contribution in [0.1, 0.15) is 57.9 Å². The van der Waals surface area contributed by atoms with Gasteiger partial charge in [-0.3, -0.25) is 0 Å². The van der Waals surface area contributed by atoms with Crippen molar-refractivity contribution in [2.24, 2.45) is 5.92 Å². The molecule has 1 aliphatic rings. The summed E-state index contributed by atoms with van der Waals surface area (Å²) in [6.07, 6.45) is 1.09. The SMILES string of the molecule is CC(C)C(CN(C)C)n1c(C(C)(C)C)nc2c1CCNC2. The van der Waals surface area contributed by atoms with Crippen LogP contribution in [0.4, 0.5) is 0 Å². The monoisotopic (exact) mass is 292 g/mol. The van der Waals surface area contributed by atoms with Gasteiger partial charge in [0, 0.05) is 37.2 Å². The highest BCUT2D eigenvalue weighted by molar-refractivity contribution is 5.25. The largest absolute Gasteiger partial charge is 0.327 e. The fourth-order valence-corrected chi connectivity index (χ4v) is 3.18. The van der Waals surface area contributed by atoms with Gasteiger partial charge >= 0.3 is 0 Å². The second-order valence-electron chi connectivity index (χ2n) is 7.95. The summed E-state index contributed by atoms with van der Waals surface area (Å²) in [5, 5.41) is 3.46. The Morgan fingerprint density at radius 1 is 1.29 bits per heavy atom.